The van der Waals surface area contributed by atoms with E-state index in [-0.39, 0.29) is 6.04 Å². The smallest absolute Gasteiger partial charge is 0.240 e. The van der Waals surface area contributed by atoms with Gasteiger partial charge in [-0.15, -0.1) is 0 Å². The lowest BCUT2D eigenvalue weighted by atomic mass is 10.0. The quantitative estimate of drug-likeness (QED) is 0.772. The van der Waals surface area contributed by atoms with Gasteiger partial charge in [-0.05, 0) is 49.6 Å². The highest BCUT2D eigenvalue weighted by Crippen LogP contribution is 2.17. The molecular weight excluding hydrogens is 272 g/mol. The zero-order valence-electron chi connectivity index (χ0n) is 12.9. The third-order valence-electron chi connectivity index (χ3n) is 3.38. The highest BCUT2D eigenvalue weighted by Gasteiger charge is 2.16. The molecule has 0 saturated carbocycles. The van der Waals surface area contributed by atoms with E-state index in [1.165, 1.54) is 5.56 Å². The number of sulfonamides is 1. The first-order valence-corrected chi connectivity index (χ1v) is 8.77. The summed E-state index contributed by atoms with van der Waals surface area (Å²) >= 11 is 0. The van der Waals surface area contributed by atoms with Crippen molar-refractivity contribution in [3.05, 3.63) is 29.3 Å². The summed E-state index contributed by atoms with van der Waals surface area (Å²) < 4.78 is 27.2. The summed E-state index contributed by atoms with van der Waals surface area (Å²) in [5.74, 6) is 0. The van der Waals surface area contributed by atoms with Crippen LogP contribution in [-0.4, -0.2) is 27.5 Å². The fraction of sp³-hybridized carbons (Fsp3) is 0.600. The molecule has 1 atom stereocenters. The lowest BCUT2D eigenvalue weighted by Gasteiger charge is -2.14. The molecule has 0 radical (unpaired) electrons. The molecule has 0 aliphatic heterocycles. The zero-order valence-corrected chi connectivity index (χ0v) is 13.7. The minimum Gasteiger partial charge on any atom is -0.313 e. The topological polar surface area (TPSA) is 58.2 Å². The minimum atomic E-state index is -3.42. The molecule has 1 aromatic rings. The summed E-state index contributed by atoms with van der Waals surface area (Å²) in [6.45, 7) is 9.32. The standard InChI is InChI=1S/C15H26N2O2S/c1-5-13-8-9-15(10-14(13)6-2)20(18,19)17-11-12(4)16-7-3/h8-10,12,16-17H,5-7,11H2,1-4H3/t12-/m1/s1. The van der Waals surface area contributed by atoms with E-state index in [0.717, 1.165) is 24.9 Å². The number of aryl methyl sites for hydroxylation is 2. The Bertz CT molecular complexity index is 527. The molecule has 1 aromatic carbocycles. The fourth-order valence-electron chi connectivity index (χ4n) is 2.18. The molecule has 5 heteroatoms. The zero-order chi connectivity index (χ0) is 15.2. The molecule has 4 nitrogen and oxygen atoms in total. The molecule has 20 heavy (non-hydrogen) atoms. The first-order chi connectivity index (χ1) is 9.44. The van der Waals surface area contributed by atoms with Crippen molar-refractivity contribution < 1.29 is 8.42 Å². The molecule has 0 saturated heterocycles. The fourth-order valence-corrected chi connectivity index (χ4v) is 3.36. The molecule has 0 unspecified atom stereocenters. The van der Waals surface area contributed by atoms with Gasteiger partial charge < -0.3 is 5.32 Å². The normalized spacial score (nSPS) is 13.4. The van der Waals surface area contributed by atoms with Gasteiger partial charge in [0.2, 0.25) is 10.0 Å². The van der Waals surface area contributed by atoms with Crippen LogP contribution in [0.1, 0.15) is 38.8 Å². The Morgan fingerprint density at radius 3 is 2.30 bits per heavy atom. The molecule has 1 rings (SSSR count). The third kappa shape index (κ3) is 4.58. The lowest BCUT2D eigenvalue weighted by molar-refractivity contribution is 0.536. The van der Waals surface area contributed by atoms with E-state index in [1.807, 2.05) is 26.8 Å². The molecule has 0 aliphatic rings. The van der Waals surface area contributed by atoms with E-state index in [9.17, 15) is 8.42 Å². The molecule has 0 spiro atoms. The van der Waals surface area contributed by atoms with Crippen molar-refractivity contribution >= 4 is 10.0 Å². The summed E-state index contributed by atoms with van der Waals surface area (Å²) in [6, 6.07) is 5.52. The van der Waals surface area contributed by atoms with Gasteiger partial charge in [0, 0.05) is 12.6 Å². The van der Waals surface area contributed by atoms with Crippen molar-refractivity contribution in [3.63, 3.8) is 0 Å². The summed E-state index contributed by atoms with van der Waals surface area (Å²) in [4.78, 5) is 0.357. The maximum Gasteiger partial charge on any atom is 0.240 e. The van der Waals surface area contributed by atoms with Crippen molar-refractivity contribution in [2.24, 2.45) is 0 Å². The van der Waals surface area contributed by atoms with Crippen LogP contribution in [0.25, 0.3) is 0 Å². The number of nitrogens with one attached hydrogen (secondary N) is 2. The van der Waals surface area contributed by atoms with Gasteiger partial charge in [0.15, 0.2) is 0 Å². The van der Waals surface area contributed by atoms with Crippen molar-refractivity contribution in [3.8, 4) is 0 Å². The van der Waals surface area contributed by atoms with E-state index in [0.29, 0.717) is 11.4 Å². The second-order valence-corrected chi connectivity index (χ2v) is 6.72. The van der Waals surface area contributed by atoms with Crippen LogP contribution in [0.3, 0.4) is 0 Å². The second-order valence-electron chi connectivity index (χ2n) is 4.95. The number of rotatable bonds is 8. The maximum absolute atomic E-state index is 12.3. The Labute approximate surface area is 123 Å². The molecular formula is C15H26N2O2S. The van der Waals surface area contributed by atoms with Crippen molar-refractivity contribution in [1.82, 2.24) is 10.0 Å². The van der Waals surface area contributed by atoms with E-state index in [1.54, 1.807) is 12.1 Å². The van der Waals surface area contributed by atoms with Crippen molar-refractivity contribution in [2.75, 3.05) is 13.1 Å². The summed E-state index contributed by atoms with van der Waals surface area (Å²) in [7, 11) is -3.42. The maximum atomic E-state index is 12.3. The largest absolute Gasteiger partial charge is 0.313 e. The molecule has 2 N–H and O–H groups in total. The Morgan fingerprint density at radius 2 is 1.75 bits per heavy atom. The molecule has 0 aliphatic carbocycles. The predicted octanol–water partition coefficient (Wildman–Crippen LogP) is 2.09. The molecule has 0 fully saturated rings. The number of likely N-dealkylation sites (N-methyl/N-ethyl adjacent to an activating group) is 1. The third-order valence-corrected chi connectivity index (χ3v) is 4.80. The van der Waals surface area contributed by atoms with Gasteiger partial charge in [0.05, 0.1) is 4.90 Å². The van der Waals surface area contributed by atoms with E-state index in [2.05, 4.69) is 17.0 Å². The van der Waals surface area contributed by atoms with Crippen LogP contribution < -0.4 is 10.0 Å². The van der Waals surface area contributed by atoms with Crippen LogP contribution in [-0.2, 0) is 22.9 Å². The van der Waals surface area contributed by atoms with E-state index in [4.69, 9.17) is 0 Å². The van der Waals surface area contributed by atoms with Crippen LogP contribution in [0.2, 0.25) is 0 Å². The lowest BCUT2D eigenvalue weighted by Crippen LogP contribution is -2.38. The van der Waals surface area contributed by atoms with Crippen LogP contribution in [0.15, 0.2) is 23.1 Å². The number of hydrogen-bond donors (Lipinski definition) is 2. The average molecular weight is 298 g/mol. The number of hydrogen-bond acceptors (Lipinski definition) is 3. The second kappa shape index (κ2) is 7.76. The summed E-state index contributed by atoms with van der Waals surface area (Å²) in [6.07, 6.45) is 1.77. The van der Waals surface area contributed by atoms with Gasteiger partial charge in [-0.1, -0.05) is 26.8 Å². The van der Waals surface area contributed by atoms with Gasteiger partial charge in [-0.3, -0.25) is 0 Å². The predicted molar refractivity (Wildman–Crippen MR) is 83.5 cm³/mol. The van der Waals surface area contributed by atoms with Gasteiger partial charge in [-0.2, -0.15) is 0 Å². The highest BCUT2D eigenvalue weighted by molar-refractivity contribution is 7.89. The van der Waals surface area contributed by atoms with Gasteiger partial charge in [0.1, 0.15) is 0 Å². The Kier molecular flexibility index (Phi) is 6.65. The summed E-state index contributed by atoms with van der Waals surface area (Å²) in [5.41, 5.74) is 2.32. The first kappa shape index (κ1) is 17.1. The molecule has 0 amide bonds. The van der Waals surface area contributed by atoms with Crippen molar-refractivity contribution in [2.45, 2.75) is 51.5 Å². The van der Waals surface area contributed by atoms with Crippen LogP contribution >= 0.6 is 0 Å². The monoisotopic (exact) mass is 298 g/mol. The van der Waals surface area contributed by atoms with Gasteiger partial charge in [-0.25, -0.2) is 13.1 Å². The Balaban J connectivity index is 2.87. The highest BCUT2D eigenvalue weighted by atomic mass is 32.2. The molecule has 0 bridgehead atoms. The first-order valence-electron chi connectivity index (χ1n) is 7.29. The summed E-state index contributed by atoms with van der Waals surface area (Å²) in [5, 5.41) is 3.18. The van der Waals surface area contributed by atoms with Gasteiger partial charge >= 0.3 is 0 Å². The van der Waals surface area contributed by atoms with Crippen molar-refractivity contribution in [1.29, 1.82) is 0 Å². The van der Waals surface area contributed by atoms with E-state index < -0.39 is 10.0 Å². The SMILES string of the molecule is CCN[C@H](C)CNS(=O)(=O)c1ccc(CC)c(CC)c1. The molecule has 0 aromatic heterocycles. The Hall–Kier alpha value is -0.910. The minimum absolute atomic E-state index is 0.121. The number of benzene rings is 1. The van der Waals surface area contributed by atoms with Gasteiger partial charge in [0.25, 0.3) is 0 Å². The average Bonchev–Trinajstić information content (AvgIpc) is 2.44. The molecule has 114 valence electrons. The van der Waals surface area contributed by atoms with Crippen LogP contribution in [0.4, 0.5) is 0 Å². The molecule has 0 heterocycles. The van der Waals surface area contributed by atoms with Crippen LogP contribution in [0, 0.1) is 0 Å². The Morgan fingerprint density at radius 1 is 1.10 bits per heavy atom. The van der Waals surface area contributed by atoms with E-state index >= 15 is 0 Å². The van der Waals surface area contributed by atoms with Crippen LogP contribution in [0.5, 0.6) is 0 Å².